The molecule has 2 heterocycles. The van der Waals surface area contributed by atoms with Crippen LogP contribution in [0.2, 0.25) is 0 Å². The third-order valence-corrected chi connectivity index (χ3v) is 4.76. The zero-order chi connectivity index (χ0) is 19.1. The summed E-state index contributed by atoms with van der Waals surface area (Å²) < 4.78 is 22.5. The molecule has 1 aromatic carbocycles. The van der Waals surface area contributed by atoms with Crippen LogP contribution in [-0.2, 0) is 23.0 Å². The number of rotatable bonds is 8. The fraction of sp³-hybridized carbons (Fsp3) is 0.167. The molecule has 0 saturated heterocycles. The number of benzene rings is 1. The van der Waals surface area contributed by atoms with Crippen LogP contribution < -0.4 is 15.8 Å². The van der Waals surface area contributed by atoms with E-state index in [4.69, 9.17) is 5.14 Å². The average molecular weight is 384 g/mol. The molecule has 9 heteroatoms. The molecule has 0 saturated carbocycles. The Kier molecular flexibility index (Phi) is 5.94. The molecule has 0 aliphatic rings. The van der Waals surface area contributed by atoms with Gasteiger partial charge in [-0.05, 0) is 47.9 Å². The van der Waals surface area contributed by atoms with Crippen LogP contribution in [0.3, 0.4) is 0 Å². The Labute approximate surface area is 157 Å². The predicted octanol–water partition coefficient (Wildman–Crippen LogP) is 1.79. The van der Waals surface area contributed by atoms with E-state index in [9.17, 15) is 8.42 Å². The molecule has 3 rings (SSSR count). The molecule has 0 spiro atoms. The largest absolute Gasteiger partial charge is 0.370 e. The number of anilines is 2. The molecule has 0 atom stereocenters. The van der Waals surface area contributed by atoms with Gasteiger partial charge >= 0.3 is 0 Å². The van der Waals surface area contributed by atoms with Crippen LogP contribution in [0.25, 0.3) is 0 Å². The Morgan fingerprint density at radius 1 is 0.889 bits per heavy atom. The maximum atomic E-state index is 11.3. The first kappa shape index (κ1) is 18.7. The lowest BCUT2D eigenvalue weighted by atomic mass is 10.1. The van der Waals surface area contributed by atoms with E-state index in [0.717, 1.165) is 11.1 Å². The Morgan fingerprint density at radius 2 is 1.63 bits per heavy atom. The van der Waals surface area contributed by atoms with Crippen molar-refractivity contribution in [1.82, 2.24) is 15.0 Å². The first-order chi connectivity index (χ1) is 13.0. The minimum atomic E-state index is -3.66. The number of pyridine rings is 1. The van der Waals surface area contributed by atoms with Crippen molar-refractivity contribution >= 4 is 21.8 Å². The summed E-state index contributed by atoms with van der Waals surface area (Å²) in [5, 5.41) is 11.5. The molecule has 8 nitrogen and oxygen atoms in total. The first-order valence-corrected chi connectivity index (χ1v) is 9.87. The van der Waals surface area contributed by atoms with E-state index in [1.807, 2.05) is 12.1 Å². The monoisotopic (exact) mass is 384 g/mol. The molecule has 0 radical (unpaired) electrons. The van der Waals surface area contributed by atoms with Crippen LogP contribution in [0.5, 0.6) is 0 Å². The summed E-state index contributed by atoms with van der Waals surface area (Å²) in [6.45, 7) is 1.26. The Balaban J connectivity index is 1.51. The van der Waals surface area contributed by atoms with Crippen molar-refractivity contribution in [2.75, 3.05) is 17.2 Å². The van der Waals surface area contributed by atoms with Crippen molar-refractivity contribution in [2.45, 2.75) is 17.9 Å². The minimum Gasteiger partial charge on any atom is -0.370 e. The normalized spacial score (nSPS) is 11.1. The molecule has 0 unspecified atom stereocenters. The molecule has 2 aromatic heterocycles. The van der Waals surface area contributed by atoms with Crippen LogP contribution in [-0.4, -0.2) is 29.9 Å². The quantitative estimate of drug-likeness (QED) is 0.541. The maximum absolute atomic E-state index is 11.3. The van der Waals surface area contributed by atoms with Gasteiger partial charge in [-0.1, -0.05) is 12.1 Å². The standard InChI is InChI=1S/C18H20N6O2S/c19-27(25,26)16-3-1-14(2-4-16)7-11-21-17-8-12-22-18(24-17)23-13-15-5-9-20-10-6-15/h1-6,8-10,12H,7,11,13H2,(H2,19,25,26)(H2,21,22,23,24). The molecular formula is C18H20N6O2S. The van der Waals surface area contributed by atoms with Crippen LogP contribution in [0.4, 0.5) is 11.8 Å². The first-order valence-electron chi connectivity index (χ1n) is 8.32. The molecule has 3 aromatic rings. The van der Waals surface area contributed by atoms with Gasteiger partial charge in [0.05, 0.1) is 4.90 Å². The highest BCUT2D eigenvalue weighted by Gasteiger charge is 2.06. The average Bonchev–Trinajstić information content (AvgIpc) is 2.67. The highest BCUT2D eigenvalue weighted by Crippen LogP contribution is 2.11. The fourth-order valence-electron chi connectivity index (χ4n) is 2.40. The second kappa shape index (κ2) is 8.56. The zero-order valence-corrected chi connectivity index (χ0v) is 15.4. The van der Waals surface area contributed by atoms with Crippen LogP contribution >= 0.6 is 0 Å². The molecular weight excluding hydrogens is 364 g/mol. The summed E-state index contributed by atoms with van der Waals surface area (Å²) in [7, 11) is -3.66. The predicted molar refractivity (Wildman–Crippen MR) is 104 cm³/mol. The van der Waals surface area contributed by atoms with Crippen molar-refractivity contribution in [3.63, 3.8) is 0 Å². The van der Waals surface area contributed by atoms with E-state index < -0.39 is 10.0 Å². The van der Waals surface area contributed by atoms with E-state index in [1.54, 1.807) is 36.8 Å². The molecule has 0 amide bonds. The number of nitrogens with zero attached hydrogens (tertiary/aromatic N) is 3. The topological polar surface area (TPSA) is 123 Å². The van der Waals surface area contributed by atoms with Crippen molar-refractivity contribution in [3.8, 4) is 0 Å². The van der Waals surface area contributed by atoms with Gasteiger partial charge in [0.2, 0.25) is 16.0 Å². The lowest BCUT2D eigenvalue weighted by Crippen LogP contribution is -2.12. The number of aromatic nitrogens is 3. The SMILES string of the molecule is NS(=O)(=O)c1ccc(CCNc2ccnc(NCc3ccncc3)n2)cc1. The van der Waals surface area contributed by atoms with Crippen LogP contribution in [0.15, 0.2) is 66.0 Å². The summed E-state index contributed by atoms with van der Waals surface area (Å²) in [6, 6.07) is 12.2. The summed E-state index contributed by atoms with van der Waals surface area (Å²) in [6.07, 6.45) is 5.89. The van der Waals surface area contributed by atoms with E-state index in [0.29, 0.717) is 31.3 Å². The second-order valence-corrected chi connectivity index (χ2v) is 7.40. The van der Waals surface area contributed by atoms with Gasteiger partial charge in [0.15, 0.2) is 0 Å². The van der Waals surface area contributed by atoms with E-state index in [1.165, 1.54) is 12.1 Å². The smallest absolute Gasteiger partial charge is 0.238 e. The molecule has 0 bridgehead atoms. The van der Waals surface area contributed by atoms with E-state index in [-0.39, 0.29) is 4.90 Å². The number of hydrogen-bond donors (Lipinski definition) is 3. The molecule has 27 heavy (non-hydrogen) atoms. The lowest BCUT2D eigenvalue weighted by molar-refractivity contribution is 0.598. The second-order valence-electron chi connectivity index (χ2n) is 5.84. The zero-order valence-electron chi connectivity index (χ0n) is 14.5. The van der Waals surface area contributed by atoms with Gasteiger partial charge in [-0.15, -0.1) is 0 Å². The number of primary sulfonamides is 1. The van der Waals surface area contributed by atoms with E-state index >= 15 is 0 Å². The number of sulfonamides is 1. The fourth-order valence-corrected chi connectivity index (χ4v) is 2.92. The Hall–Kier alpha value is -3.04. The van der Waals surface area contributed by atoms with Gasteiger partial charge in [0.25, 0.3) is 0 Å². The summed E-state index contributed by atoms with van der Waals surface area (Å²) in [4.78, 5) is 12.7. The summed E-state index contributed by atoms with van der Waals surface area (Å²) >= 11 is 0. The van der Waals surface area contributed by atoms with Crippen LogP contribution in [0.1, 0.15) is 11.1 Å². The van der Waals surface area contributed by atoms with E-state index in [2.05, 4.69) is 25.6 Å². The number of nitrogens with two attached hydrogens (primary N) is 1. The van der Waals surface area contributed by atoms with Crippen molar-refractivity contribution < 1.29 is 8.42 Å². The lowest BCUT2D eigenvalue weighted by Gasteiger charge is -2.09. The van der Waals surface area contributed by atoms with Gasteiger partial charge < -0.3 is 10.6 Å². The van der Waals surface area contributed by atoms with Crippen molar-refractivity contribution in [3.05, 3.63) is 72.2 Å². The molecule has 140 valence electrons. The van der Waals surface area contributed by atoms with Gasteiger partial charge in [-0.2, -0.15) is 4.98 Å². The molecule has 0 fully saturated rings. The van der Waals surface area contributed by atoms with Gasteiger partial charge in [0, 0.05) is 31.7 Å². The van der Waals surface area contributed by atoms with Gasteiger partial charge in [-0.25, -0.2) is 18.5 Å². The molecule has 4 N–H and O–H groups in total. The molecule has 0 aliphatic heterocycles. The summed E-state index contributed by atoms with van der Waals surface area (Å²) in [5.41, 5.74) is 2.09. The minimum absolute atomic E-state index is 0.111. The van der Waals surface area contributed by atoms with Gasteiger partial charge in [0.1, 0.15) is 5.82 Å². The third kappa shape index (κ3) is 5.73. The van der Waals surface area contributed by atoms with Crippen molar-refractivity contribution in [1.29, 1.82) is 0 Å². The Morgan fingerprint density at radius 3 is 2.33 bits per heavy atom. The highest BCUT2D eigenvalue weighted by molar-refractivity contribution is 7.89. The number of nitrogens with one attached hydrogen (secondary N) is 2. The molecule has 0 aliphatic carbocycles. The maximum Gasteiger partial charge on any atom is 0.238 e. The Bertz CT molecular complexity index is 978. The van der Waals surface area contributed by atoms with Crippen molar-refractivity contribution in [2.24, 2.45) is 5.14 Å². The number of hydrogen-bond acceptors (Lipinski definition) is 7. The van der Waals surface area contributed by atoms with Gasteiger partial charge in [-0.3, -0.25) is 4.98 Å². The highest BCUT2D eigenvalue weighted by atomic mass is 32.2. The third-order valence-electron chi connectivity index (χ3n) is 3.83. The van der Waals surface area contributed by atoms with Crippen LogP contribution in [0, 0.1) is 0 Å². The summed E-state index contributed by atoms with van der Waals surface area (Å²) in [5.74, 6) is 1.25.